The fourth-order valence-corrected chi connectivity index (χ4v) is 6.19. The number of hydrogen-bond donors (Lipinski definition) is 2. The average Bonchev–Trinajstić information content (AvgIpc) is 2.85. The predicted molar refractivity (Wildman–Crippen MR) is 135 cm³/mol. The molecule has 0 spiro atoms. The summed E-state index contributed by atoms with van der Waals surface area (Å²) >= 11 is 0. The van der Waals surface area contributed by atoms with Gasteiger partial charge in [-0.2, -0.15) is 0 Å². The van der Waals surface area contributed by atoms with E-state index in [4.69, 9.17) is 0 Å². The summed E-state index contributed by atoms with van der Waals surface area (Å²) < 4.78 is 28.3. The van der Waals surface area contributed by atoms with E-state index in [0.717, 1.165) is 50.3 Å². The van der Waals surface area contributed by atoms with Crippen LogP contribution in [0.15, 0.2) is 47.4 Å². The van der Waals surface area contributed by atoms with E-state index in [1.807, 2.05) is 6.07 Å². The maximum Gasteiger partial charge on any atom is 0.337 e. The molecular weight excluding hydrogens is 450 g/mol. The third kappa shape index (κ3) is 5.73. The summed E-state index contributed by atoms with van der Waals surface area (Å²) in [6, 6.07) is 12.4. The summed E-state index contributed by atoms with van der Waals surface area (Å²) in [4.78, 5) is 16.9. The molecule has 0 unspecified atom stereocenters. The van der Waals surface area contributed by atoms with Crippen LogP contribution in [0.3, 0.4) is 0 Å². The summed E-state index contributed by atoms with van der Waals surface area (Å²) in [6.45, 7) is 5.68. The number of carboxylic acids is 1. The van der Waals surface area contributed by atoms with Gasteiger partial charge in [0.15, 0.2) is 0 Å². The SMILES string of the molecule is CCCc1ccc(S(=O)(=O)Nc2ccc(N3CCN(C4CCCCC4)CC3)cc2C(=O)O)cc1. The third-order valence-electron chi connectivity index (χ3n) is 7.02. The zero-order chi connectivity index (χ0) is 24.1. The molecule has 2 fully saturated rings. The van der Waals surface area contributed by atoms with Crippen molar-refractivity contribution in [2.75, 3.05) is 35.8 Å². The molecule has 0 amide bonds. The third-order valence-corrected chi connectivity index (χ3v) is 8.40. The van der Waals surface area contributed by atoms with Crippen molar-refractivity contribution in [2.45, 2.75) is 62.8 Å². The molecule has 2 N–H and O–H groups in total. The maximum atomic E-state index is 12.9. The van der Waals surface area contributed by atoms with Gasteiger partial charge >= 0.3 is 5.97 Å². The van der Waals surface area contributed by atoms with Crippen molar-refractivity contribution in [1.29, 1.82) is 0 Å². The van der Waals surface area contributed by atoms with Crippen molar-refractivity contribution >= 4 is 27.4 Å². The molecule has 2 aromatic carbocycles. The highest BCUT2D eigenvalue weighted by Gasteiger charge is 2.26. The topological polar surface area (TPSA) is 90.0 Å². The number of rotatable bonds is 8. The first-order valence-electron chi connectivity index (χ1n) is 12.4. The second-order valence-corrected chi connectivity index (χ2v) is 11.0. The molecule has 1 saturated heterocycles. The van der Waals surface area contributed by atoms with E-state index in [9.17, 15) is 18.3 Å². The predicted octanol–water partition coefficient (Wildman–Crippen LogP) is 4.59. The molecule has 1 heterocycles. The number of anilines is 2. The Bertz CT molecular complexity index is 1090. The molecule has 2 aromatic rings. The Labute approximate surface area is 202 Å². The van der Waals surface area contributed by atoms with Crippen molar-refractivity contribution in [3.05, 3.63) is 53.6 Å². The molecule has 0 radical (unpaired) electrons. The number of carboxylic acid groups (broad SMARTS) is 1. The second-order valence-electron chi connectivity index (χ2n) is 9.35. The maximum absolute atomic E-state index is 12.9. The van der Waals surface area contributed by atoms with Gasteiger partial charge in [0.25, 0.3) is 10.0 Å². The summed E-state index contributed by atoms with van der Waals surface area (Å²) in [5.41, 5.74) is 1.92. The minimum atomic E-state index is -3.89. The number of sulfonamides is 1. The summed E-state index contributed by atoms with van der Waals surface area (Å²) in [5, 5.41) is 9.80. The molecule has 8 heteroatoms. The van der Waals surface area contributed by atoms with Crippen molar-refractivity contribution in [3.8, 4) is 0 Å². The second kappa shape index (κ2) is 10.8. The van der Waals surface area contributed by atoms with Crippen LogP contribution in [0.2, 0.25) is 0 Å². The number of benzene rings is 2. The Morgan fingerprint density at radius 3 is 2.29 bits per heavy atom. The first-order chi connectivity index (χ1) is 16.4. The van der Waals surface area contributed by atoms with Crippen molar-refractivity contribution in [3.63, 3.8) is 0 Å². The minimum absolute atomic E-state index is 0.0432. The average molecular weight is 486 g/mol. The lowest BCUT2D eigenvalue weighted by molar-refractivity contribution is 0.0698. The molecule has 7 nitrogen and oxygen atoms in total. The highest BCUT2D eigenvalue weighted by molar-refractivity contribution is 7.92. The van der Waals surface area contributed by atoms with Crippen molar-refractivity contribution in [2.24, 2.45) is 0 Å². The van der Waals surface area contributed by atoms with Gasteiger partial charge in [-0.1, -0.05) is 44.7 Å². The van der Waals surface area contributed by atoms with Crippen LogP contribution >= 0.6 is 0 Å². The van der Waals surface area contributed by atoms with Gasteiger partial charge in [-0.05, 0) is 55.2 Å². The molecule has 34 heavy (non-hydrogen) atoms. The molecule has 1 saturated carbocycles. The normalized spacial score (nSPS) is 18.1. The molecule has 2 aliphatic rings. The van der Waals surface area contributed by atoms with Crippen LogP contribution in [0.1, 0.15) is 61.4 Å². The van der Waals surface area contributed by atoms with Gasteiger partial charge in [0.05, 0.1) is 16.1 Å². The highest BCUT2D eigenvalue weighted by atomic mass is 32.2. The first kappa shape index (κ1) is 24.5. The van der Waals surface area contributed by atoms with Crippen LogP contribution < -0.4 is 9.62 Å². The lowest BCUT2D eigenvalue weighted by Crippen LogP contribution is -2.50. The van der Waals surface area contributed by atoms with Gasteiger partial charge in [0.1, 0.15) is 0 Å². The lowest BCUT2D eigenvalue weighted by Gasteiger charge is -2.41. The van der Waals surface area contributed by atoms with E-state index in [-0.39, 0.29) is 16.1 Å². The standard InChI is InChI=1S/C26H35N3O4S/c1-2-6-20-9-12-23(13-10-20)34(32,33)27-25-14-11-22(19-24(25)26(30)31)29-17-15-28(16-18-29)21-7-4-3-5-8-21/h9-14,19,21,27H,2-8,15-18H2,1H3,(H,30,31). The van der Waals surface area contributed by atoms with E-state index in [2.05, 4.69) is 21.4 Å². The number of aromatic carboxylic acids is 1. The minimum Gasteiger partial charge on any atom is -0.478 e. The van der Waals surface area contributed by atoms with Crippen LogP contribution in [0, 0.1) is 0 Å². The van der Waals surface area contributed by atoms with Gasteiger partial charge in [-0.15, -0.1) is 0 Å². The van der Waals surface area contributed by atoms with Crippen molar-refractivity contribution < 1.29 is 18.3 Å². The molecular formula is C26H35N3O4S. The van der Waals surface area contributed by atoms with Crippen LogP contribution in [0.25, 0.3) is 0 Å². The highest BCUT2D eigenvalue weighted by Crippen LogP contribution is 2.28. The fraction of sp³-hybridized carbons (Fsp3) is 0.500. The van der Waals surface area contributed by atoms with Crippen LogP contribution in [-0.4, -0.2) is 56.6 Å². The Hall–Kier alpha value is -2.58. The Morgan fingerprint density at radius 1 is 1.00 bits per heavy atom. The zero-order valence-corrected chi connectivity index (χ0v) is 20.7. The molecule has 0 bridgehead atoms. The number of carbonyl (C=O) groups is 1. The number of aryl methyl sites for hydroxylation is 1. The van der Waals surface area contributed by atoms with Gasteiger partial charge in [-0.3, -0.25) is 9.62 Å². The summed E-state index contributed by atoms with van der Waals surface area (Å²) in [6.07, 6.45) is 8.38. The molecule has 184 valence electrons. The molecule has 1 aliphatic heterocycles. The smallest absolute Gasteiger partial charge is 0.337 e. The molecule has 0 atom stereocenters. The summed E-state index contributed by atoms with van der Waals surface area (Å²) in [7, 11) is -3.89. The van der Waals surface area contributed by atoms with Gasteiger partial charge in [0, 0.05) is 37.9 Å². The van der Waals surface area contributed by atoms with E-state index >= 15 is 0 Å². The Morgan fingerprint density at radius 2 is 1.68 bits per heavy atom. The largest absolute Gasteiger partial charge is 0.478 e. The van der Waals surface area contributed by atoms with E-state index < -0.39 is 16.0 Å². The van der Waals surface area contributed by atoms with Crippen LogP contribution in [0.5, 0.6) is 0 Å². The number of hydrogen-bond acceptors (Lipinski definition) is 5. The zero-order valence-electron chi connectivity index (χ0n) is 19.9. The quantitative estimate of drug-likeness (QED) is 0.568. The number of nitrogens with one attached hydrogen (secondary N) is 1. The molecule has 4 rings (SSSR count). The first-order valence-corrected chi connectivity index (χ1v) is 13.8. The monoisotopic (exact) mass is 485 g/mol. The van der Waals surface area contributed by atoms with E-state index in [1.165, 1.54) is 32.1 Å². The van der Waals surface area contributed by atoms with Gasteiger partial charge in [-0.25, -0.2) is 13.2 Å². The Kier molecular flexibility index (Phi) is 7.78. The lowest BCUT2D eigenvalue weighted by atomic mass is 9.94. The van der Waals surface area contributed by atoms with Gasteiger partial charge < -0.3 is 10.0 Å². The van der Waals surface area contributed by atoms with Crippen LogP contribution in [-0.2, 0) is 16.4 Å². The van der Waals surface area contributed by atoms with Gasteiger partial charge in [0.2, 0.25) is 0 Å². The van der Waals surface area contributed by atoms with E-state index in [1.54, 1.807) is 36.4 Å². The fourth-order valence-electron chi connectivity index (χ4n) is 5.11. The molecule has 1 aliphatic carbocycles. The molecule has 0 aromatic heterocycles. The van der Waals surface area contributed by atoms with Crippen molar-refractivity contribution in [1.82, 2.24) is 4.90 Å². The summed E-state index contributed by atoms with van der Waals surface area (Å²) in [5.74, 6) is -1.15. The Balaban J connectivity index is 1.47. The van der Waals surface area contributed by atoms with Crippen LogP contribution in [0.4, 0.5) is 11.4 Å². The number of piperazine rings is 1. The van der Waals surface area contributed by atoms with E-state index in [0.29, 0.717) is 6.04 Å². The number of nitrogens with zero attached hydrogens (tertiary/aromatic N) is 2.